The Bertz CT molecular complexity index is 561. The van der Waals surface area contributed by atoms with Crippen molar-refractivity contribution in [2.45, 2.75) is 6.61 Å². The summed E-state index contributed by atoms with van der Waals surface area (Å²) in [6.45, 7) is -0.0308. The number of nitrogens with zero attached hydrogens (tertiary/aromatic N) is 2. The third-order valence-corrected chi connectivity index (χ3v) is 2.16. The molecule has 0 saturated heterocycles. The van der Waals surface area contributed by atoms with E-state index in [9.17, 15) is 0 Å². The largest absolute Gasteiger partial charge is 0.457 e. The molecular weight excluding hydrogens is 216 g/mol. The summed E-state index contributed by atoms with van der Waals surface area (Å²) in [6.07, 6.45) is 1.52. The minimum atomic E-state index is -0.0308. The Morgan fingerprint density at radius 3 is 2.82 bits per heavy atom. The number of benzene rings is 1. The normalized spacial score (nSPS) is 9.65. The van der Waals surface area contributed by atoms with E-state index in [1.165, 1.54) is 6.20 Å². The smallest absolute Gasteiger partial charge is 0.144 e. The zero-order valence-corrected chi connectivity index (χ0v) is 9.00. The van der Waals surface area contributed by atoms with Gasteiger partial charge < -0.3 is 9.84 Å². The Labute approximate surface area is 98.7 Å². The van der Waals surface area contributed by atoms with Crippen molar-refractivity contribution in [2.24, 2.45) is 0 Å². The first-order valence-electron chi connectivity index (χ1n) is 5.05. The maximum atomic E-state index is 9.00. The predicted molar refractivity (Wildman–Crippen MR) is 61.4 cm³/mol. The SMILES string of the molecule is N#Cc1cc(Oc2cccc(CO)c2)ccn1. The van der Waals surface area contributed by atoms with E-state index in [4.69, 9.17) is 15.1 Å². The molecule has 1 aromatic carbocycles. The second-order valence-corrected chi connectivity index (χ2v) is 3.40. The highest BCUT2D eigenvalue weighted by molar-refractivity contribution is 5.36. The molecule has 1 aromatic heterocycles. The van der Waals surface area contributed by atoms with Gasteiger partial charge in [-0.25, -0.2) is 4.98 Å². The number of hydrogen-bond acceptors (Lipinski definition) is 4. The number of nitriles is 1. The van der Waals surface area contributed by atoms with Gasteiger partial charge in [0.05, 0.1) is 6.61 Å². The van der Waals surface area contributed by atoms with Crippen molar-refractivity contribution in [1.29, 1.82) is 5.26 Å². The Balaban J connectivity index is 2.22. The molecule has 17 heavy (non-hydrogen) atoms. The highest BCUT2D eigenvalue weighted by Crippen LogP contribution is 2.22. The number of hydrogen-bond donors (Lipinski definition) is 1. The number of pyridine rings is 1. The maximum Gasteiger partial charge on any atom is 0.144 e. The van der Waals surface area contributed by atoms with Crippen molar-refractivity contribution in [3.8, 4) is 17.6 Å². The molecule has 0 radical (unpaired) electrons. The minimum absolute atomic E-state index is 0.0308. The van der Waals surface area contributed by atoms with Gasteiger partial charge in [-0.2, -0.15) is 5.26 Å². The lowest BCUT2D eigenvalue weighted by atomic mass is 10.2. The van der Waals surface area contributed by atoms with Crippen molar-refractivity contribution in [3.05, 3.63) is 53.9 Å². The van der Waals surface area contributed by atoms with Crippen LogP contribution in [0.3, 0.4) is 0 Å². The number of aliphatic hydroxyl groups excluding tert-OH is 1. The maximum absolute atomic E-state index is 9.00. The fourth-order valence-electron chi connectivity index (χ4n) is 1.38. The van der Waals surface area contributed by atoms with Crippen LogP contribution in [-0.2, 0) is 6.61 Å². The van der Waals surface area contributed by atoms with E-state index in [0.717, 1.165) is 5.56 Å². The van der Waals surface area contributed by atoms with Gasteiger partial charge in [0.25, 0.3) is 0 Å². The summed E-state index contributed by atoms with van der Waals surface area (Å²) in [6, 6.07) is 12.3. The van der Waals surface area contributed by atoms with Gasteiger partial charge in [0.15, 0.2) is 0 Å². The zero-order chi connectivity index (χ0) is 12.1. The molecule has 1 N–H and O–H groups in total. The lowest BCUT2D eigenvalue weighted by Gasteiger charge is -2.06. The van der Waals surface area contributed by atoms with Crippen LogP contribution in [0.15, 0.2) is 42.6 Å². The molecule has 0 fully saturated rings. The molecule has 0 saturated carbocycles. The fourth-order valence-corrected chi connectivity index (χ4v) is 1.38. The van der Waals surface area contributed by atoms with Crippen molar-refractivity contribution < 1.29 is 9.84 Å². The second kappa shape index (κ2) is 5.10. The molecule has 0 aliphatic rings. The predicted octanol–water partition coefficient (Wildman–Crippen LogP) is 2.24. The van der Waals surface area contributed by atoms with E-state index >= 15 is 0 Å². The monoisotopic (exact) mass is 226 g/mol. The Hall–Kier alpha value is -2.38. The number of ether oxygens (including phenoxy) is 1. The van der Waals surface area contributed by atoms with Crippen LogP contribution < -0.4 is 4.74 Å². The first kappa shape index (κ1) is 11.1. The van der Waals surface area contributed by atoms with Gasteiger partial charge in [-0.15, -0.1) is 0 Å². The third-order valence-electron chi connectivity index (χ3n) is 2.16. The van der Waals surface area contributed by atoms with E-state index < -0.39 is 0 Å². The molecule has 0 atom stereocenters. The van der Waals surface area contributed by atoms with Crippen LogP contribution in [0, 0.1) is 11.3 Å². The van der Waals surface area contributed by atoms with Crippen LogP contribution in [-0.4, -0.2) is 10.1 Å². The van der Waals surface area contributed by atoms with Crippen molar-refractivity contribution in [1.82, 2.24) is 4.98 Å². The molecule has 0 unspecified atom stereocenters. The molecule has 0 amide bonds. The van der Waals surface area contributed by atoms with E-state index in [-0.39, 0.29) is 6.61 Å². The highest BCUT2D eigenvalue weighted by Gasteiger charge is 2.00. The van der Waals surface area contributed by atoms with Gasteiger partial charge in [0, 0.05) is 12.3 Å². The van der Waals surface area contributed by atoms with Gasteiger partial charge in [0.2, 0.25) is 0 Å². The van der Waals surface area contributed by atoms with Gasteiger partial charge in [-0.1, -0.05) is 12.1 Å². The highest BCUT2D eigenvalue weighted by atomic mass is 16.5. The number of aromatic nitrogens is 1. The van der Waals surface area contributed by atoms with Crippen LogP contribution >= 0.6 is 0 Å². The summed E-state index contributed by atoms with van der Waals surface area (Å²) in [4.78, 5) is 3.85. The molecule has 0 bridgehead atoms. The Morgan fingerprint density at radius 2 is 2.06 bits per heavy atom. The Kier molecular flexibility index (Phi) is 3.34. The molecule has 2 aromatic rings. The first-order chi connectivity index (χ1) is 8.31. The van der Waals surface area contributed by atoms with Crippen molar-refractivity contribution in [3.63, 3.8) is 0 Å². The average molecular weight is 226 g/mol. The summed E-state index contributed by atoms with van der Waals surface area (Å²) < 4.78 is 5.56. The third kappa shape index (κ3) is 2.80. The van der Waals surface area contributed by atoms with Crippen molar-refractivity contribution >= 4 is 0 Å². The lowest BCUT2D eigenvalue weighted by Crippen LogP contribution is -1.89. The summed E-state index contributed by atoms with van der Waals surface area (Å²) >= 11 is 0. The summed E-state index contributed by atoms with van der Waals surface area (Å²) in [5.74, 6) is 1.17. The quantitative estimate of drug-likeness (QED) is 0.871. The van der Waals surface area contributed by atoms with Crippen LogP contribution in [0.25, 0.3) is 0 Å². The van der Waals surface area contributed by atoms with Crippen LogP contribution in [0.1, 0.15) is 11.3 Å². The molecule has 2 rings (SSSR count). The number of rotatable bonds is 3. The number of aliphatic hydroxyl groups is 1. The summed E-state index contributed by atoms with van der Waals surface area (Å²) in [5.41, 5.74) is 1.08. The Morgan fingerprint density at radius 1 is 1.24 bits per heavy atom. The van der Waals surface area contributed by atoms with E-state index in [1.54, 1.807) is 36.4 Å². The standard InChI is InChI=1S/C13H10N2O2/c14-8-11-7-13(4-5-15-11)17-12-3-1-2-10(6-12)9-16/h1-7,16H,9H2. The van der Waals surface area contributed by atoms with Crippen molar-refractivity contribution in [2.75, 3.05) is 0 Å². The van der Waals surface area contributed by atoms with Crippen LogP contribution in [0.4, 0.5) is 0 Å². The summed E-state index contributed by atoms with van der Waals surface area (Å²) in [5, 5.41) is 17.7. The lowest BCUT2D eigenvalue weighted by molar-refractivity contribution is 0.281. The molecular formula is C13H10N2O2. The minimum Gasteiger partial charge on any atom is -0.457 e. The molecule has 1 heterocycles. The zero-order valence-electron chi connectivity index (χ0n) is 9.00. The van der Waals surface area contributed by atoms with Gasteiger partial charge in [-0.3, -0.25) is 0 Å². The van der Waals surface area contributed by atoms with Crippen LogP contribution in [0.2, 0.25) is 0 Å². The first-order valence-corrected chi connectivity index (χ1v) is 5.05. The molecule has 84 valence electrons. The van der Waals surface area contributed by atoms with Gasteiger partial charge in [0.1, 0.15) is 23.3 Å². The topological polar surface area (TPSA) is 66.1 Å². The summed E-state index contributed by atoms with van der Waals surface area (Å²) in [7, 11) is 0. The second-order valence-electron chi connectivity index (χ2n) is 3.40. The molecule has 0 spiro atoms. The van der Waals surface area contributed by atoms with E-state index in [1.807, 2.05) is 6.07 Å². The fraction of sp³-hybridized carbons (Fsp3) is 0.0769. The average Bonchev–Trinajstić information content (AvgIpc) is 2.39. The molecule has 4 nitrogen and oxygen atoms in total. The molecule has 0 aliphatic carbocycles. The van der Waals surface area contributed by atoms with E-state index in [2.05, 4.69) is 4.98 Å². The van der Waals surface area contributed by atoms with E-state index in [0.29, 0.717) is 17.2 Å². The molecule has 0 aliphatic heterocycles. The molecule has 4 heteroatoms. The van der Waals surface area contributed by atoms with Gasteiger partial charge in [-0.05, 0) is 23.8 Å². The van der Waals surface area contributed by atoms with Gasteiger partial charge >= 0.3 is 0 Å². The van der Waals surface area contributed by atoms with Crippen LogP contribution in [0.5, 0.6) is 11.5 Å².